The maximum Gasteiger partial charge on any atom is 0.263 e. The van der Waals surface area contributed by atoms with Crippen LogP contribution >= 0.6 is 0 Å². The van der Waals surface area contributed by atoms with E-state index >= 15 is 0 Å². The Labute approximate surface area is 214 Å². The largest absolute Gasteiger partial charge is 0.481 e. The van der Waals surface area contributed by atoms with Crippen molar-refractivity contribution in [1.29, 1.82) is 0 Å². The predicted octanol–water partition coefficient (Wildman–Crippen LogP) is 4.28. The number of benzene rings is 2. The second-order valence-electron chi connectivity index (χ2n) is 11.0. The summed E-state index contributed by atoms with van der Waals surface area (Å²) in [6.07, 6.45) is 0.733. The first kappa shape index (κ1) is 26.1. The number of rotatable bonds is 5. The van der Waals surface area contributed by atoms with Crippen LogP contribution in [-0.2, 0) is 16.0 Å². The van der Waals surface area contributed by atoms with Crippen molar-refractivity contribution in [3.8, 4) is 5.75 Å². The lowest BCUT2D eigenvalue weighted by molar-refractivity contribution is -0.141. The van der Waals surface area contributed by atoms with E-state index in [-0.39, 0.29) is 23.7 Å². The van der Waals surface area contributed by atoms with Crippen molar-refractivity contribution in [2.24, 2.45) is 5.41 Å². The molecule has 2 aliphatic heterocycles. The molecule has 0 radical (unpaired) electrons. The van der Waals surface area contributed by atoms with E-state index in [4.69, 9.17) is 4.74 Å². The van der Waals surface area contributed by atoms with Crippen LogP contribution in [0.2, 0.25) is 0 Å². The van der Waals surface area contributed by atoms with Crippen LogP contribution in [0.4, 0.5) is 4.39 Å². The summed E-state index contributed by atoms with van der Waals surface area (Å²) < 4.78 is 20.0. The number of amides is 2. The fraction of sp³-hybridized carbons (Fsp3) is 0.517. The molecule has 0 aromatic heterocycles. The van der Waals surface area contributed by atoms with E-state index in [0.29, 0.717) is 31.8 Å². The first-order valence-corrected chi connectivity index (χ1v) is 12.9. The average Bonchev–Trinajstić information content (AvgIpc) is 2.86. The number of halogens is 1. The number of carbonyl (C=O) groups excluding carboxylic acids is 2. The molecule has 0 bridgehead atoms. The van der Waals surface area contributed by atoms with Gasteiger partial charge in [0.25, 0.3) is 5.91 Å². The molecule has 36 heavy (non-hydrogen) atoms. The van der Waals surface area contributed by atoms with E-state index in [1.54, 1.807) is 12.1 Å². The highest BCUT2D eigenvalue weighted by molar-refractivity contribution is 5.83. The number of ether oxygens (including phenoxy) is 1. The highest BCUT2D eigenvalue weighted by atomic mass is 19.1. The van der Waals surface area contributed by atoms with Gasteiger partial charge in [0.1, 0.15) is 11.6 Å². The zero-order valence-corrected chi connectivity index (χ0v) is 22.1. The molecule has 7 heteroatoms. The summed E-state index contributed by atoms with van der Waals surface area (Å²) in [5.74, 6) is 0.363. The molecule has 0 spiro atoms. The number of fused-ring (bicyclic) bond motifs is 1. The normalized spacial score (nSPS) is 19.6. The molecular weight excluding hydrogens is 457 g/mol. The topological polar surface area (TPSA) is 53.1 Å². The van der Waals surface area contributed by atoms with Gasteiger partial charge in [0.05, 0.1) is 6.04 Å². The van der Waals surface area contributed by atoms with E-state index in [1.165, 1.54) is 12.1 Å². The molecule has 0 aliphatic carbocycles. The molecule has 0 N–H and O–H groups in total. The Morgan fingerprint density at radius 2 is 1.69 bits per heavy atom. The Bertz CT molecular complexity index is 1090. The highest BCUT2D eigenvalue weighted by Crippen LogP contribution is 2.39. The zero-order chi connectivity index (χ0) is 26.0. The van der Waals surface area contributed by atoms with E-state index in [1.807, 2.05) is 55.7 Å². The number of carbonyl (C=O) groups is 2. The molecule has 6 nitrogen and oxygen atoms in total. The van der Waals surface area contributed by atoms with Gasteiger partial charge in [0.15, 0.2) is 6.10 Å². The molecule has 2 aromatic rings. The number of hydrogen-bond acceptors (Lipinski definition) is 4. The van der Waals surface area contributed by atoms with Gasteiger partial charge in [-0.05, 0) is 60.8 Å². The molecule has 0 saturated carbocycles. The summed E-state index contributed by atoms with van der Waals surface area (Å²) in [6, 6.07) is 11.9. The molecule has 2 heterocycles. The van der Waals surface area contributed by atoms with Gasteiger partial charge < -0.3 is 19.4 Å². The van der Waals surface area contributed by atoms with E-state index in [9.17, 15) is 14.0 Å². The zero-order valence-electron chi connectivity index (χ0n) is 22.1. The lowest BCUT2D eigenvalue weighted by Gasteiger charge is -2.41. The molecule has 2 aliphatic rings. The lowest BCUT2D eigenvalue weighted by atomic mass is 9.85. The van der Waals surface area contributed by atoms with Gasteiger partial charge >= 0.3 is 0 Å². The smallest absolute Gasteiger partial charge is 0.263 e. The van der Waals surface area contributed by atoms with Crippen molar-refractivity contribution < 1.29 is 18.7 Å². The third-order valence-electron chi connectivity index (χ3n) is 7.17. The Hall–Kier alpha value is -2.93. The first-order valence-electron chi connectivity index (χ1n) is 12.9. The summed E-state index contributed by atoms with van der Waals surface area (Å²) in [7, 11) is 2.06. The standard InChI is InChI=1S/C29H38FN3O3/c1-6-25(27(34)32-17-15-31(5)16-18-32)36-23-12-9-20-13-14-33(28(35)29(2,3)4)26(24(20)19-23)21-7-10-22(30)11-8-21/h7-12,19,25-26H,6,13-18H2,1-5H3/t25-,26+/m0/s1. The van der Waals surface area contributed by atoms with Gasteiger partial charge in [-0.15, -0.1) is 0 Å². The van der Waals surface area contributed by atoms with Crippen LogP contribution in [0, 0.1) is 11.2 Å². The maximum atomic E-state index is 13.8. The quantitative estimate of drug-likeness (QED) is 0.622. The Kier molecular flexibility index (Phi) is 7.69. The number of nitrogens with zero attached hydrogens (tertiary/aromatic N) is 3. The molecule has 1 saturated heterocycles. The minimum Gasteiger partial charge on any atom is -0.481 e. The van der Waals surface area contributed by atoms with Gasteiger partial charge in [-0.3, -0.25) is 9.59 Å². The number of likely N-dealkylation sites (N-methyl/N-ethyl adjacent to an activating group) is 1. The van der Waals surface area contributed by atoms with E-state index < -0.39 is 11.5 Å². The molecule has 2 amide bonds. The summed E-state index contributed by atoms with van der Waals surface area (Å²) in [5, 5.41) is 0. The molecule has 1 fully saturated rings. The highest BCUT2D eigenvalue weighted by Gasteiger charge is 2.37. The van der Waals surface area contributed by atoms with Gasteiger partial charge in [-0.25, -0.2) is 4.39 Å². The van der Waals surface area contributed by atoms with E-state index in [2.05, 4.69) is 11.9 Å². The minimum atomic E-state index is -0.563. The summed E-state index contributed by atoms with van der Waals surface area (Å²) in [6.45, 7) is 11.4. The van der Waals surface area contributed by atoms with Crippen LogP contribution in [-0.4, -0.2) is 72.4 Å². The second-order valence-corrected chi connectivity index (χ2v) is 11.0. The van der Waals surface area contributed by atoms with Gasteiger partial charge in [0, 0.05) is 38.1 Å². The molecule has 0 unspecified atom stereocenters. The van der Waals surface area contributed by atoms with E-state index in [0.717, 1.165) is 36.2 Å². The van der Waals surface area contributed by atoms with Gasteiger partial charge in [-0.2, -0.15) is 0 Å². The summed E-state index contributed by atoms with van der Waals surface area (Å²) >= 11 is 0. The maximum absolute atomic E-state index is 13.8. The Morgan fingerprint density at radius 1 is 1.03 bits per heavy atom. The summed E-state index contributed by atoms with van der Waals surface area (Å²) in [4.78, 5) is 32.6. The van der Waals surface area contributed by atoms with Crippen LogP contribution in [0.15, 0.2) is 42.5 Å². The van der Waals surface area contributed by atoms with Crippen molar-refractivity contribution in [2.45, 2.75) is 52.7 Å². The Balaban J connectivity index is 1.65. The van der Waals surface area contributed by atoms with Crippen molar-refractivity contribution in [3.63, 3.8) is 0 Å². The van der Waals surface area contributed by atoms with Crippen LogP contribution in [0.1, 0.15) is 56.8 Å². The third-order valence-corrected chi connectivity index (χ3v) is 7.17. The molecular formula is C29H38FN3O3. The molecule has 2 atom stereocenters. The van der Waals surface area contributed by atoms with Crippen LogP contribution < -0.4 is 4.74 Å². The van der Waals surface area contributed by atoms with Gasteiger partial charge in [0.2, 0.25) is 5.91 Å². The molecule has 194 valence electrons. The van der Waals surface area contributed by atoms with Crippen molar-refractivity contribution in [3.05, 3.63) is 65.0 Å². The minimum absolute atomic E-state index is 0.0166. The molecule has 4 rings (SSSR count). The van der Waals surface area contributed by atoms with Crippen LogP contribution in [0.3, 0.4) is 0 Å². The molecule has 2 aromatic carbocycles. The number of piperazine rings is 1. The SMILES string of the molecule is CC[C@H](Oc1ccc2c(c1)[C@@H](c1ccc(F)cc1)N(C(=O)C(C)(C)C)CC2)C(=O)N1CCN(C)CC1. The average molecular weight is 496 g/mol. The van der Waals surface area contributed by atoms with Gasteiger partial charge in [-0.1, -0.05) is 45.9 Å². The van der Waals surface area contributed by atoms with Crippen LogP contribution in [0.25, 0.3) is 0 Å². The van der Waals surface area contributed by atoms with Crippen molar-refractivity contribution in [1.82, 2.24) is 14.7 Å². The second kappa shape index (κ2) is 10.6. The lowest BCUT2D eigenvalue weighted by Crippen LogP contribution is -2.51. The first-order chi connectivity index (χ1) is 17.1. The third kappa shape index (κ3) is 5.56. The van der Waals surface area contributed by atoms with Crippen molar-refractivity contribution >= 4 is 11.8 Å². The fourth-order valence-electron chi connectivity index (χ4n) is 5.02. The fourth-order valence-corrected chi connectivity index (χ4v) is 5.02. The van der Waals surface area contributed by atoms with Crippen LogP contribution in [0.5, 0.6) is 5.75 Å². The van der Waals surface area contributed by atoms with Crippen molar-refractivity contribution in [2.75, 3.05) is 39.8 Å². The monoisotopic (exact) mass is 495 g/mol. The predicted molar refractivity (Wildman–Crippen MR) is 138 cm³/mol. The Morgan fingerprint density at radius 3 is 2.31 bits per heavy atom. The summed E-state index contributed by atoms with van der Waals surface area (Å²) in [5.41, 5.74) is 2.40. The number of hydrogen-bond donors (Lipinski definition) is 0.